The van der Waals surface area contributed by atoms with Gasteiger partial charge in [0.1, 0.15) is 5.69 Å². The highest BCUT2D eigenvalue weighted by Gasteiger charge is 2.12. The summed E-state index contributed by atoms with van der Waals surface area (Å²) >= 11 is 1.67. The van der Waals surface area contributed by atoms with Crippen LogP contribution in [0.4, 0.5) is 0 Å². The van der Waals surface area contributed by atoms with Crippen LogP contribution in [0.2, 0.25) is 0 Å². The van der Waals surface area contributed by atoms with Crippen LogP contribution in [-0.2, 0) is 0 Å². The maximum atomic E-state index is 4.45. The van der Waals surface area contributed by atoms with Crippen LogP contribution in [0.25, 0.3) is 33.8 Å². The fraction of sp³-hybridized carbons (Fsp3) is 0. The van der Waals surface area contributed by atoms with E-state index in [1.54, 1.807) is 17.5 Å². The van der Waals surface area contributed by atoms with Gasteiger partial charge in [-0.1, -0.05) is 6.07 Å². The summed E-state index contributed by atoms with van der Waals surface area (Å²) in [5.41, 5.74) is 5.90. The average Bonchev–Trinajstić information content (AvgIpc) is 3.27. The minimum absolute atomic E-state index is 0.850. The Morgan fingerprint density at radius 1 is 0.909 bits per heavy atom. The summed E-state index contributed by atoms with van der Waals surface area (Å²) in [4.78, 5) is 8.84. The molecule has 4 aromatic heterocycles. The minimum atomic E-state index is 0.850. The van der Waals surface area contributed by atoms with E-state index in [1.807, 2.05) is 36.7 Å². The molecule has 0 aliphatic heterocycles. The van der Waals surface area contributed by atoms with E-state index in [0.29, 0.717) is 0 Å². The van der Waals surface area contributed by atoms with Crippen LogP contribution in [0.5, 0.6) is 0 Å². The van der Waals surface area contributed by atoms with Gasteiger partial charge in [-0.25, -0.2) is 0 Å². The van der Waals surface area contributed by atoms with E-state index in [0.717, 1.165) is 33.8 Å². The molecule has 106 valence electrons. The molecule has 0 saturated heterocycles. The molecule has 0 unspecified atom stereocenters. The van der Waals surface area contributed by atoms with Crippen molar-refractivity contribution in [1.82, 2.24) is 20.2 Å². The number of pyridine rings is 2. The highest BCUT2D eigenvalue weighted by Crippen LogP contribution is 2.31. The Bertz CT molecular complexity index is 882. The van der Waals surface area contributed by atoms with Gasteiger partial charge in [-0.15, -0.1) is 0 Å². The number of H-pyrrole nitrogens is 1. The Kier molecular flexibility index (Phi) is 3.25. The number of hydrogen-bond acceptors (Lipinski definition) is 4. The second-order valence-corrected chi connectivity index (χ2v) is 5.58. The number of aromatic nitrogens is 4. The third-order valence-electron chi connectivity index (χ3n) is 3.44. The fourth-order valence-electron chi connectivity index (χ4n) is 2.37. The van der Waals surface area contributed by atoms with Crippen molar-refractivity contribution < 1.29 is 0 Å². The van der Waals surface area contributed by atoms with Gasteiger partial charge in [0.05, 0.1) is 11.4 Å². The van der Waals surface area contributed by atoms with E-state index in [2.05, 4.69) is 43.1 Å². The van der Waals surface area contributed by atoms with Crippen molar-refractivity contribution in [3.63, 3.8) is 0 Å². The van der Waals surface area contributed by atoms with E-state index in [-0.39, 0.29) is 0 Å². The third kappa shape index (κ3) is 2.31. The molecular weight excluding hydrogens is 292 g/mol. The maximum absolute atomic E-state index is 4.45. The Morgan fingerprint density at radius 2 is 1.86 bits per heavy atom. The Hall–Kier alpha value is -2.79. The van der Waals surface area contributed by atoms with Gasteiger partial charge >= 0.3 is 0 Å². The van der Waals surface area contributed by atoms with Crippen molar-refractivity contribution in [1.29, 1.82) is 0 Å². The standard InChI is InChI=1S/C17H12N4S/c1-2-6-18-15(3-1)17-14(10-20-21-17)12-4-7-19-16(9-12)13-5-8-22-11-13/h1-11H,(H,20,21). The van der Waals surface area contributed by atoms with E-state index >= 15 is 0 Å². The molecule has 4 rings (SSSR count). The first-order valence-electron chi connectivity index (χ1n) is 6.86. The summed E-state index contributed by atoms with van der Waals surface area (Å²) in [5, 5.41) is 11.4. The van der Waals surface area contributed by atoms with Crippen LogP contribution < -0.4 is 0 Å². The van der Waals surface area contributed by atoms with Gasteiger partial charge in [-0.2, -0.15) is 16.4 Å². The Labute approximate surface area is 131 Å². The van der Waals surface area contributed by atoms with Crippen molar-refractivity contribution in [2.75, 3.05) is 0 Å². The summed E-state index contributed by atoms with van der Waals surface area (Å²) in [5.74, 6) is 0. The molecule has 5 heteroatoms. The van der Waals surface area contributed by atoms with Gasteiger partial charge in [-0.3, -0.25) is 15.1 Å². The van der Waals surface area contributed by atoms with E-state index in [1.165, 1.54) is 0 Å². The van der Waals surface area contributed by atoms with Gasteiger partial charge < -0.3 is 0 Å². The molecule has 0 radical (unpaired) electrons. The maximum Gasteiger partial charge on any atom is 0.118 e. The second kappa shape index (κ2) is 5.54. The van der Waals surface area contributed by atoms with Crippen LogP contribution in [0.3, 0.4) is 0 Å². The zero-order chi connectivity index (χ0) is 14.8. The van der Waals surface area contributed by atoms with Gasteiger partial charge in [0.25, 0.3) is 0 Å². The van der Waals surface area contributed by atoms with Crippen molar-refractivity contribution >= 4 is 11.3 Å². The molecule has 0 spiro atoms. The zero-order valence-corrected chi connectivity index (χ0v) is 12.4. The molecule has 1 N–H and O–H groups in total. The number of aromatic amines is 1. The lowest BCUT2D eigenvalue weighted by molar-refractivity contribution is 1.09. The number of hydrogen-bond donors (Lipinski definition) is 1. The molecule has 0 amide bonds. The van der Waals surface area contributed by atoms with Crippen molar-refractivity contribution in [3.05, 3.63) is 65.7 Å². The highest BCUT2D eigenvalue weighted by molar-refractivity contribution is 7.08. The lowest BCUT2D eigenvalue weighted by atomic mass is 10.0. The normalized spacial score (nSPS) is 10.7. The number of rotatable bonds is 3. The zero-order valence-electron chi connectivity index (χ0n) is 11.6. The number of nitrogens with zero attached hydrogens (tertiary/aromatic N) is 3. The minimum Gasteiger partial charge on any atom is -0.284 e. The van der Waals surface area contributed by atoms with Gasteiger partial charge in [0, 0.05) is 35.1 Å². The molecule has 0 aliphatic carbocycles. The summed E-state index contributed by atoms with van der Waals surface area (Å²) in [6, 6.07) is 12.0. The molecule has 0 fully saturated rings. The monoisotopic (exact) mass is 304 g/mol. The lowest BCUT2D eigenvalue weighted by Gasteiger charge is -2.04. The molecule has 0 aromatic carbocycles. The van der Waals surface area contributed by atoms with Crippen LogP contribution in [0.15, 0.2) is 65.7 Å². The van der Waals surface area contributed by atoms with Crippen LogP contribution in [0, 0.1) is 0 Å². The van der Waals surface area contributed by atoms with Gasteiger partial charge in [0.15, 0.2) is 0 Å². The molecule has 0 aliphatic rings. The van der Waals surface area contributed by atoms with Gasteiger partial charge in [0.2, 0.25) is 0 Å². The molecular formula is C17H12N4S. The van der Waals surface area contributed by atoms with Crippen LogP contribution in [-0.4, -0.2) is 20.2 Å². The molecule has 0 atom stereocenters. The molecule has 4 aromatic rings. The molecule has 0 bridgehead atoms. The first-order chi connectivity index (χ1) is 10.9. The molecule has 0 saturated carbocycles. The molecule has 4 heterocycles. The summed E-state index contributed by atoms with van der Waals surface area (Å²) in [6.45, 7) is 0. The first kappa shape index (κ1) is 12.9. The quantitative estimate of drug-likeness (QED) is 0.615. The third-order valence-corrected chi connectivity index (χ3v) is 4.12. The SMILES string of the molecule is c1ccc(-c2n[nH]cc2-c2ccnc(-c3ccsc3)c2)nc1. The largest absolute Gasteiger partial charge is 0.284 e. The van der Waals surface area contributed by atoms with E-state index < -0.39 is 0 Å². The smallest absolute Gasteiger partial charge is 0.118 e. The lowest BCUT2D eigenvalue weighted by Crippen LogP contribution is -1.87. The number of nitrogens with one attached hydrogen (secondary N) is 1. The predicted octanol–water partition coefficient (Wildman–Crippen LogP) is 4.26. The number of thiophene rings is 1. The molecule has 22 heavy (non-hydrogen) atoms. The van der Waals surface area contributed by atoms with E-state index in [4.69, 9.17) is 0 Å². The van der Waals surface area contributed by atoms with Crippen LogP contribution >= 0.6 is 11.3 Å². The Morgan fingerprint density at radius 3 is 2.68 bits per heavy atom. The first-order valence-corrected chi connectivity index (χ1v) is 7.80. The topological polar surface area (TPSA) is 54.5 Å². The predicted molar refractivity (Wildman–Crippen MR) is 88.4 cm³/mol. The Balaban J connectivity index is 1.81. The second-order valence-electron chi connectivity index (χ2n) is 4.80. The summed E-state index contributed by atoms with van der Waals surface area (Å²) < 4.78 is 0. The van der Waals surface area contributed by atoms with E-state index in [9.17, 15) is 0 Å². The fourth-order valence-corrected chi connectivity index (χ4v) is 3.02. The summed E-state index contributed by atoms with van der Waals surface area (Å²) in [6.07, 6.45) is 5.51. The van der Waals surface area contributed by atoms with Crippen molar-refractivity contribution in [2.45, 2.75) is 0 Å². The van der Waals surface area contributed by atoms with Crippen molar-refractivity contribution in [2.24, 2.45) is 0 Å². The van der Waals surface area contributed by atoms with Gasteiger partial charge in [-0.05, 0) is 41.3 Å². The van der Waals surface area contributed by atoms with Crippen molar-refractivity contribution in [3.8, 4) is 33.8 Å². The summed E-state index contributed by atoms with van der Waals surface area (Å²) in [7, 11) is 0. The molecule has 4 nitrogen and oxygen atoms in total. The van der Waals surface area contributed by atoms with Crippen LogP contribution in [0.1, 0.15) is 0 Å². The average molecular weight is 304 g/mol. The highest BCUT2D eigenvalue weighted by atomic mass is 32.1.